The standard InChI is InChI=1S/C14H27NO2/c1-2-15-13-3-5-14(6-4-13)17-11-12-7-9-16-10-8-12/h12-15H,2-11H2,1H3. The van der Waals surface area contributed by atoms with Crippen LogP contribution in [0.3, 0.4) is 0 Å². The number of hydrogen-bond acceptors (Lipinski definition) is 3. The van der Waals surface area contributed by atoms with Crippen LogP contribution >= 0.6 is 0 Å². The smallest absolute Gasteiger partial charge is 0.0576 e. The number of nitrogens with one attached hydrogen (secondary N) is 1. The molecule has 100 valence electrons. The summed E-state index contributed by atoms with van der Waals surface area (Å²) in [5, 5.41) is 3.54. The van der Waals surface area contributed by atoms with Gasteiger partial charge in [0.25, 0.3) is 0 Å². The zero-order chi connectivity index (χ0) is 11.9. The predicted molar refractivity (Wildman–Crippen MR) is 69.2 cm³/mol. The molecule has 0 aromatic heterocycles. The molecule has 1 saturated carbocycles. The maximum absolute atomic E-state index is 6.07. The van der Waals surface area contributed by atoms with Crippen molar-refractivity contribution in [2.45, 2.75) is 57.6 Å². The summed E-state index contributed by atoms with van der Waals surface area (Å²) in [6, 6.07) is 0.739. The lowest BCUT2D eigenvalue weighted by molar-refractivity contribution is -0.0255. The quantitative estimate of drug-likeness (QED) is 0.801. The molecule has 1 aliphatic carbocycles. The van der Waals surface area contributed by atoms with Crippen LogP contribution in [0.25, 0.3) is 0 Å². The van der Waals surface area contributed by atoms with Gasteiger partial charge in [-0.05, 0) is 51.0 Å². The average molecular weight is 241 g/mol. The van der Waals surface area contributed by atoms with Crippen molar-refractivity contribution in [1.29, 1.82) is 0 Å². The molecule has 1 heterocycles. The lowest BCUT2D eigenvalue weighted by atomic mass is 9.92. The first-order chi connectivity index (χ1) is 8.38. The number of hydrogen-bond donors (Lipinski definition) is 1. The van der Waals surface area contributed by atoms with E-state index in [0.717, 1.165) is 38.3 Å². The molecule has 0 aromatic carbocycles. The van der Waals surface area contributed by atoms with Gasteiger partial charge in [-0.2, -0.15) is 0 Å². The molecule has 0 atom stereocenters. The first-order valence-corrected chi connectivity index (χ1v) is 7.31. The van der Waals surface area contributed by atoms with E-state index < -0.39 is 0 Å². The Balaban J connectivity index is 1.57. The van der Waals surface area contributed by atoms with Crippen LogP contribution in [-0.4, -0.2) is 38.5 Å². The van der Waals surface area contributed by atoms with Crippen molar-refractivity contribution >= 4 is 0 Å². The Morgan fingerprint density at radius 1 is 1.06 bits per heavy atom. The highest BCUT2D eigenvalue weighted by molar-refractivity contribution is 4.77. The first-order valence-electron chi connectivity index (χ1n) is 7.31. The zero-order valence-corrected chi connectivity index (χ0v) is 11.1. The summed E-state index contributed by atoms with van der Waals surface area (Å²) in [4.78, 5) is 0. The highest BCUT2D eigenvalue weighted by Crippen LogP contribution is 2.23. The summed E-state index contributed by atoms with van der Waals surface area (Å²) in [6.07, 6.45) is 7.94. The highest BCUT2D eigenvalue weighted by Gasteiger charge is 2.22. The van der Waals surface area contributed by atoms with Crippen LogP contribution in [-0.2, 0) is 9.47 Å². The maximum atomic E-state index is 6.07. The molecule has 1 N–H and O–H groups in total. The van der Waals surface area contributed by atoms with Crippen molar-refractivity contribution in [3.8, 4) is 0 Å². The van der Waals surface area contributed by atoms with Gasteiger partial charge in [0.1, 0.15) is 0 Å². The molecule has 0 aromatic rings. The van der Waals surface area contributed by atoms with Crippen molar-refractivity contribution in [3.05, 3.63) is 0 Å². The summed E-state index contributed by atoms with van der Waals surface area (Å²) in [5.41, 5.74) is 0. The van der Waals surface area contributed by atoms with Gasteiger partial charge in [0.2, 0.25) is 0 Å². The van der Waals surface area contributed by atoms with Gasteiger partial charge in [0.05, 0.1) is 6.10 Å². The molecule has 0 bridgehead atoms. The fraction of sp³-hybridized carbons (Fsp3) is 1.00. The summed E-state index contributed by atoms with van der Waals surface area (Å²) in [5.74, 6) is 0.746. The van der Waals surface area contributed by atoms with Gasteiger partial charge >= 0.3 is 0 Å². The topological polar surface area (TPSA) is 30.5 Å². The maximum Gasteiger partial charge on any atom is 0.0576 e. The second-order valence-corrected chi connectivity index (χ2v) is 5.42. The molecule has 1 saturated heterocycles. The second-order valence-electron chi connectivity index (χ2n) is 5.42. The van der Waals surface area contributed by atoms with Crippen LogP contribution in [0.1, 0.15) is 45.4 Å². The molecular formula is C14H27NO2. The molecule has 0 spiro atoms. The van der Waals surface area contributed by atoms with E-state index in [4.69, 9.17) is 9.47 Å². The third-order valence-corrected chi connectivity index (χ3v) is 4.08. The van der Waals surface area contributed by atoms with Crippen molar-refractivity contribution in [2.24, 2.45) is 5.92 Å². The third kappa shape index (κ3) is 4.57. The minimum Gasteiger partial charge on any atom is -0.381 e. The third-order valence-electron chi connectivity index (χ3n) is 4.08. The van der Waals surface area contributed by atoms with E-state index in [9.17, 15) is 0 Å². The molecule has 0 radical (unpaired) electrons. The van der Waals surface area contributed by atoms with E-state index in [0.29, 0.717) is 6.10 Å². The number of ether oxygens (including phenoxy) is 2. The van der Waals surface area contributed by atoms with Crippen molar-refractivity contribution in [1.82, 2.24) is 5.32 Å². The van der Waals surface area contributed by atoms with Crippen LogP contribution in [0.5, 0.6) is 0 Å². The normalized spacial score (nSPS) is 31.6. The van der Waals surface area contributed by atoms with Crippen LogP contribution in [0.15, 0.2) is 0 Å². The molecule has 1 aliphatic heterocycles. The van der Waals surface area contributed by atoms with Crippen LogP contribution < -0.4 is 5.32 Å². The van der Waals surface area contributed by atoms with Gasteiger partial charge in [-0.25, -0.2) is 0 Å². The second kappa shape index (κ2) is 7.34. The van der Waals surface area contributed by atoms with E-state index in [1.54, 1.807) is 0 Å². The summed E-state index contributed by atoms with van der Waals surface area (Å²) in [6.45, 7) is 6.11. The Hall–Kier alpha value is -0.120. The van der Waals surface area contributed by atoms with E-state index in [1.807, 2.05) is 0 Å². The lowest BCUT2D eigenvalue weighted by Gasteiger charge is -2.31. The van der Waals surface area contributed by atoms with Gasteiger partial charge < -0.3 is 14.8 Å². The van der Waals surface area contributed by atoms with Crippen LogP contribution in [0.4, 0.5) is 0 Å². The minimum atomic E-state index is 0.521. The molecule has 2 aliphatic rings. The van der Waals surface area contributed by atoms with Crippen molar-refractivity contribution < 1.29 is 9.47 Å². The molecule has 17 heavy (non-hydrogen) atoms. The molecule has 2 rings (SSSR count). The lowest BCUT2D eigenvalue weighted by Crippen LogP contribution is -2.35. The Morgan fingerprint density at radius 3 is 2.41 bits per heavy atom. The first kappa shape index (κ1) is 13.3. The molecule has 2 fully saturated rings. The summed E-state index contributed by atoms with van der Waals surface area (Å²) in [7, 11) is 0. The van der Waals surface area contributed by atoms with E-state index >= 15 is 0 Å². The fourth-order valence-corrected chi connectivity index (χ4v) is 2.91. The molecule has 3 nitrogen and oxygen atoms in total. The van der Waals surface area contributed by atoms with Gasteiger partial charge in [0.15, 0.2) is 0 Å². The van der Waals surface area contributed by atoms with Gasteiger partial charge in [-0.1, -0.05) is 6.92 Å². The van der Waals surface area contributed by atoms with Gasteiger partial charge in [-0.15, -0.1) is 0 Å². The summed E-state index contributed by atoms with van der Waals surface area (Å²) >= 11 is 0. The van der Waals surface area contributed by atoms with Gasteiger partial charge in [0, 0.05) is 25.9 Å². The van der Waals surface area contributed by atoms with Crippen molar-refractivity contribution in [2.75, 3.05) is 26.4 Å². The molecule has 3 heteroatoms. The number of rotatable bonds is 5. The Labute approximate surface area is 105 Å². The van der Waals surface area contributed by atoms with E-state index in [2.05, 4.69) is 12.2 Å². The fourth-order valence-electron chi connectivity index (χ4n) is 2.91. The van der Waals surface area contributed by atoms with Crippen LogP contribution in [0, 0.1) is 5.92 Å². The van der Waals surface area contributed by atoms with E-state index in [-0.39, 0.29) is 0 Å². The Bertz CT molecular complexity index is 196. The molecule has 0 unspecified atom stereocenters. The van der Waals surface area contributed by atoms with E-state index in [1.165, 1.54) is 38.5 Å². The largest absolute Gasteiger partial charge is 0.381 e. The summed E-state index contributed by atoms with van der Waals surface area (Å²) < 4.78 is 11.4. The predicted octanol–water partition coefficient (Wildman–Crippen LogP) is 2.35. The minimum absolute atomic E-state index is 0.521. The average Bonchev–Trinajstić information content (AvgIpc) is 2.40. The van der Waals surface area contributed by atoms with Crippen molar-refractivity contribution in [3.63, 3.8) is 0 Å². The monoisotopic (exact) mass is 241 g/mol. The molecule has 0 amide bonds. The highest BCUT2D eigenvalue weighted by atomic mass is 16.5. The van der Waals surface area contributed by atoms with Gasteiger partial charge in [-0.3, -0.25) is 0 Å². The Kier molecular flexibility index (Phi) is 5.75. The molecular weight excluding hydrogens is 214 g/mol. The SMILES string of the molecule is CCNC1CCC(OCC2CCOCC2)CC1. The van der Waals surface area contributed by atoms with Crippen LogP contribution in [0.2, 0.25) is 0 Å². The zero-order valence-electron chi connectivity index (χ0n) is 11.1. The Morgan fingerprint density at radius 2 is 1.76 bits per heavy atom.